The van der Waals surface area contributed by atoms with Gasteiger partial charge in [-0.15, -0.1) is 0 Å². The summed E-state index contributed by atoms with van der Waals surface area (Å²) in [5, 5.41) is 52.3. The predicted molar refractivity (Wildman–Crippen MR) is 190 cm³/mol. The number of carbonyl (C=O) groups excluding carboxylic acids is 1. The van der Waals surface area contributed by atoms with Crippen molar-refractivity contribution in [3.8, 4) is 0 Å². The Morgan fingerprint density at radius 1 is 0.959 bits per heavy atom. The maximum Gasteiger partial charge on any atom is 0.159 e. The summed E-state index contributed by atoms with van der Waals surface area (Å²) in [6.07, 6.45) is 15.4. The molecule has 13 atom stereocenters. The van der Waals surface area contributed by atoms with E-state index in [4.69, 9.17) is 10.5 Å². The molecule has 8 heteroatoms. The van der Waals surface area contributed by atoms with Crippen LogP contribution in [-0.2, 0) is 9.53 Å². The quantitative estimate of drug-likeness (QED) is 0.165. The van der Waals surface area contributed by atoms with E-state index in [2.05, 4.69) is 33.0 Å². The summed E-state index contributed by atoms with van der Waals surface area (Å²) in [6, 6.07) is 0. The molecule has 5 aliphatic carbocycles. The minimum Gasteiger partial charge on any atom is -0.393 e. The van der Waals surface area contributed by atoms with Crippen LogP contribution in [0.1, 0.15) is 144 Å². The average molecular weight is 685 g/mol. The number of rotatable bonds is 10. The second kappa shape index (κ2) is 12.6. The Balaban J connectivity index is 1.15. The number of epoxide rings is 1. The molecule has 0 radical (unpaired) electrons. The van der Waals surface area contributed by atoms with Gasteiger partial charge in [0, 0.05) is 11.3 Å². The summed E-state index contributed by atoms with van der Waals surface area (Å²) in [6.45, 7) is 11.4. The van der Waals surface area contributed by atoms with Gasteiger partial charge in [0.15, 0.2) is 5.78 Å². The Morgan fingerprint density at radius 3 is 2.39 bits per heavy atom. The normalized spacial score (nSPS) is 46.7. The molecule has 7 rings (SSSR count). The number of piperidine rings is 1. The van der Waals surface area contributed by atoms with Gasteiger partial charge in [0.2, 0.25) is 0 Å². The first-order valence-corrected chi connectivity index (χ1v) is 20.3. The fraction of sp³-hybridized carbons (Fsp3) is 0.927. The van der Waals surface area contributed by atoms with E-state index >= 15 is 0 Å². The molecule has 0 bridgehead atoms. The minimum atomic E-state index is -1.20. The Morgan fingerprint density at radius 2 is 1.69 bits per heavy atom. The van der Waals surface area contributed by atoms with Crippen LogP contribution in [0.25, 0.3) is 0 Å². The van der Waals surface area contributed by atoms with Crippen LogP contribution in [0.15, 0.2) is 11.6 Å². The first-order valence-electron chi connectivity index (χ1n) is 20.3. The number of aliphatic hydroxyl groups excluding tert-OH is 1. The van der Waals surface area contributed by atoms with E-state index in [0.29, 0.717) is 37.5 Å². The highest BCUT2D eigenvalue weighted by molar-refractivity contribution is 5.95. The lowest BCUT2D eigenvalue weighted by Crippen LogP contribution is -2.63. The largest absolute Gasteiger partial charge is 0.393 e. The summed E-state index contributed by atoms with van der Waals surface area (Å²) >= 11 is 0. The summed E-state index contributed by atoms with van der Waals surface area (Å²) < 4.78 is 6.45. The molecule has 2 heterocycles. The Hall–Kier alpha value is -0.870. The number of carbonyl (C=O) groups is 1. The Bertz CT molecular complexity index is 1290. The number of ketones is 1. The van der Waals surface area contributed by atoms with Crippen molar-refractivity contribution in [3.63, 3.8) is 0 Å². The average Bonchev–Trinajstić information content (AvgIpc) is 3.59. The van der Waals surface area contributed by atoms with Gasteiger partial charge in [-0.1, -0.05) is 47.0 Å². The smallest absolute Gasteiger partial charge is 0.159 e. The molecule has 49 heavy (non-hydrogen) atoms. The third-order valence-electron chi connectivity index (χ3n) is 16.7. The van der Waals surface area contributed by atoms with Crippen LogP contribution in [0.3, 0.4) is 0 Å². The standard InChI is InChI=1S/C41H68N2O6/c1-6-16-40(47,35-34(49-35)38(5,46)36(2,3)17-11-25-15-21-43-33(42)22-25)32-14-20-41(48)29-24-31(45)30-23-27(44)12-19-39(30,26-9-7-8-10-26)28(29)13-18-37(32,41)4/h24-28,30,32-35,43-44,46-48H,6-23,42H2,1-5H3. The van der Waals surface area contributed by atoms with Gasteiger partial charge >= 0.3 is 0 Å². The summed E-state index contributed by atoms with van der Waals surface area (Å²) in [5.41, 5.74) is 2.37. The molecule has 6 fully saturated rings. The molecule has 2 aliphatic heterocycles. The molecule has 7 N–H and O–H groups in total. The van der Waals surface area contributed by atoms with Gasteiger partial charge in [-0.05, 0) is 150 Å². The molecule has 8 nitrogen and oxygen atoms in total. The highest BCUT2D eigenvalue weighted by Gasteiger charge is 2.74. The molecule has 7 aliphatic rings. The number of nitrogens with two attached hydrogens (primary N) is 1. The number of allylic oxidation sites excluding steroid dienone is 1. The zero-order valence-corrected chi connectivity index (χ0v) is 31.2. The monoisotopic (exact) mass is 685 g/mol. The highest BCUT2D eigenvalue weighted by atomic mass is 16.6. The fourth-order valence-corrected chi connectivity index (χ4v) is 13.4. The minimum absolute atomic E-state index is 0.0387. The third kappa shape index (κ3) is 5.50. The van der Waals surface area contributed by atoms with Crippen LogP contribution in [-0.4, -0.2) is 74.0 Å². The summed E-state index contributed by atoms with van der Waals surface area (Å²) in [7, 11) is 0. The zero-order valence-electron chi connectivity index (χ0n) is 31.2. The molecule has 278 valence electrons. The second-order valence-corrected chi connectivity index (χ2v) is 19.3. The van der Waals surface area contributed by atoms with Crippen molar-refractivity contribution in [1.29, 1.82) is 0 Å². The van der Waals surface area contributed by atoms with Crippen LogP contribution in [0.2, 0.25) is 0 Å². The Labute approximate surface area is 295 Å². The number of fused-ring (bicyclic) bond motifs is 5. The van der Waals surface area contributed by atoms with Crippen LogP contribution < -0.4 is 11.1 Å². The maximum absolute atomic E-state index is 14.1. The number of ether oxygens (including phenoxy) is 1. The molecular formula is C41H68N2O6. The van der Waals surface area contributed by atoms with Gasteiger partial charge in [-0.25, -0.2) is 0 Å². The maximum atomic E-state index is 14.1. The van der Waals surface area contributed by atoms with Gasteiger partial charge < -0.3 is 36.2 Å². The molecule has 13 unspecified atom stereocenters. The van der Waals surface area contributed by atoms with Crippen LogP contribution in [0, 0.1) is 45.8 Å². The van der Waals surface area contributed by atoms with E-state index in [9.17, 15) is 25.2 Å². The van der Waals surface area contributed by atoms with E-state index in [1.807, 2.05) is 13.0 Å². The molecule has 0 aromatic carbocycles. The van der Waals surface area contributed by atoms with Crippen molar-refractivity contribution < 1.29 is 30.0 Å². The van der Waals surface area contributed by atoms with Gasteiger partial charge in [0.1, 0.15) is 12.2 Å². The topological polar surface area (TPSA) is 149 Å². The zero-order chi connectivity index (χ0) is 35.2. The first kappa shape index (κ1) is 36.5. The van der Waals surface area contributed by atoms with Crippen LogP contribution >= 0.6 is 0 Å². The number of nitrogens with one attached hydrogen (secondary N) is 1. The van der Waals surface area contributed by atoms with Crippen molar-refractivity contribution in [2.75, 3.05) is 6.54 Å². The first-order chi connectivity index (χ1) is 23.0. The summed E-state index contributed by atoms with van der Waals surface area (Å²) in [5.74, 6) is 0.865. The lowest BCUT2D eigenvalue weighted by molar-refractivity contribution is -0.166. The fourth-order valence-electron chi connectivity index (χ4n) is 13.4. The molecule has 4 saturated carbocycles. The third-order valence-corrected chi connectivity index (χ3v) is 16.7. The lowest BCUT2D eigenvalue weighted by atomic mass is 9.42. The molecule has 0 aromatic rings. The Kier molecular flexibility index (Phi) is 9.40. The lowest BCUT2D eigenvalue weighted by Gasteiger charge is -2.63. The van der Waals surface area contributed by atoms with Crippen molar-refractivity contribution >= 4 is 5.78 Å². The van der Waals surface area contributed by atoms with Gasteiger partial charge in [0.25, 0.3) is 0 Å². The van der Waals surface area contributed by atoms with E-state index in [1.54, 1.807) is 0 Å². The van der Waals surface area contributed by atoms with Crippen molar-refractivity contribution in [2.24, 2.45) is 51.6 Å². The number of hydrogen-bond acceptors (Lipinski definition) is 8. The van der Waals surface area contributed by atoms with Gasteiger partial charge in [-0.3, -0.25) is 4.79 Å². The predicted octanol–water partition coefficient (Wildman–Crippen LogP) is 5.53. The van der Waals surface area contributed by atoms with Crippen molar-refractivity contribution in [1.82, 2.24) is 5.32 Å². The van der Waals surface area contributed by atoms with Crippen LogP contribution in [0.4, 0.5) is 0 Å². The van der Waals surface area contributed by atoms with E-state index in [-0.39, 0.29) is 35.1 Å². The van der Waals surface area contributed by atoms with Gasteiger partial charge in [-0.2, -0.15) is 0 Å². The second-order valence-electron chi connectivity index (χ2n) is 19.3. The highest BCUT2D eigenvalue weighted by Crippen LogP contribution is 2.72. The molecule has 2 saturated heterocycles. The van der Waals surface area contributed by atoms with Crippen LogP contribution in [0.5, 0.6) is 0 Å². The van der Waals surface area contributed by atoms with E-state index < -0.39 is 45.9 Å². The van der Waals surface area contributed by atoms with Gasteiger partial charge in [0.05, 0.1) is 29.1 Å². The number of aliphatic hydroxyl groups is 4. The molecule has 0 amide bonds. The molecular weight excluding hydrogens is 616 g/mol. The molecule has 0 spiro atoms. The van der Waals surface area contributed by atoms with E-state index in [0.717, 1.165) is 82.7 Å². The van der Waals surface area contributed by atoms with Crippen molar-refractivity contribution in [3.05, 3.63) is 11.6 Å². The summed E-state index contributed by atoms with van der Waals surface area (Å²) in [4.78, 5) is 14.1. The molecule has 0 aromatic heterocycles. The van der Waals surface area contributed by atoms with E-state index in [1.165, 1.54) is 12.8 Å². The van der Waals surface area contributed by atoms with Crippen molar-refractivity contribution in [2.45, 2.75) is 185 Å². The number of hydrogen-bond donors (Lipinski definition) is 6. The SMILES string of the molecule is CCCC(O)(C1OC1C(C)(O)C(C)(C)CCC1CCNC(N)C1)C1CCC2(O)C3=CC(=O)C4CC(O)CCC4(C4CCCC4)C3CCC12C.